The quantitative estimate of drug-likeness (QED) is 0.577. The van der Waals surface area contributed by atoms with E-state index in [1.807, 2.05) is 13.0 Å². The first-order chi connectivity index (χ1) is 5.75. The van der Waals surface area contributed by atoms with Crippen LogP contribution in [0.25, 0.3) is 10.9 Å². The predicted molar refractivity (Wildman–Crippen MR) is 45.3 cm³/mol. The molecule has 1 nitrogen and oxygen atoms in total. The summed E-state index contributed by atoms with van der Waals surface area (Å²) in [7, 11) is 0. The Balaban J connectivity index is 2.80. The maximum Gasteiger partial charge on any atom is 0.123 e. The van der Waals surface area contributed by atoms with Gasteiger partial charge in [-0.05, 0) is 36.8 Å². The van der Waals surface area contributed by atoms with Gasteiger partial charge in [0.05, 0.1) is 11.7 Å². The number of halogens is 1. The van der Waals surface area contributed by atoms with Crippen LogP contribution < -0.4 is 0 Å². The van der Waals surface area contributed by atoms with Crippen LogP contribution in [0.2, 0.25) is 0 Å². The van der Waals surface area contributed by atoms with Crippen LogP contribution in [0.1, 0.15) is 5.56 Å². The van der Waals surface area contributed by atoms with Crippen molar-refractivity contribution in [1.82, 2.24) is 4.98 Å². The molecule has 0 amide bonds. The van der Waals surface area contributed by atoms with Crippen LogP contribution in [0.5, 0.6) is 0 Å². The molecule has 2 heteroatoms. The van der Waals surface area contributed by atoms with Crippen molar-refractivity contribution in [3.05, 3.63) is 41.8 Å². The third kappa shape index (κ3) is 1.16. The Morgan fingerprint density at radius 2 is 2.17 bits per heavy atom. The maximum atomic E-state index is 12.7. The van der Waals surface area contributed by atoms with Gasteiger partial charge in [0.15, 0.2) is 0 Å². The predicted octanol–water partition coefficient (Wildman–Crippen LogP) is 2.48. The molecule has 0 spiro atoms. The standard InChI is InChI=1S/C10H7FN/c1-7-4-8-5-9(11)2-3-10(8)12-6-7/h2-5H,1H3. The fourth-order valence-electron chi connectivity index (χ4n) is 1.16. The van der Waals surface area contributed by atoms with Gasteiger partial charge in [0.2, 0.25) is 0 Å². The average molecular weight is 160 g/mol. The van der Waals surface area contributed by atoms with E-state index in [1.54, 1.807) is 6.07 Å². The lowest BCUT2D eigenvalue weighted by atomic mass is 10.2. The summed E-state index contributed by atoms with van der Waals surface area (Å²) in [5, 5.41) is 0.825. The Morgan fingerprint density at radius 1 is 1.33 bits per heavy atom. The van der Waals surface area contributed by atoms with E-state index < -0.39 is 0 Å². The van der Waals surface area contributed by atoms with E-state index in [0.29, 0.717) is 0 Å². The third-order valence-corrected chi connectivity index (χ3v) is 1.71. The van der Waals surface area contributed by atoms with Gasteiger partial charge in [0.1, 0.15) is 5.82 Å². The fraction of sp³-hybridized carbons (Fsp3) is 0.100. The van der Waals surface area contributed by atoms with Gasteiger partial charge in [0.25, 0.3) is 0 Å². The summed E-state index contributed by atoms with van der Waals surface area (Å²) in [6, 6.07) is 6.40. The van der Waals surface area contributed by atoms with E-state index in [2.05, 4.69) is 11.2 Å². The van der Waals surface area contributed by atoms with Gasteiger partial charge in [-0.25, -0.2) is 9.37 Å². The summed E-state index contributed by atoms with van der Waals surface area (Å²) in [4.78, 5) is 4.03. The molecule has 0 aliphatic rings. The van der Waals surface area contributed by atoms with Gasteiger partial charge in [-0.1, -0.05) is 0 Å². The van der Waals surface area contributed by atoms with Crippen LogP contribution in [-0.4, -0.2) is 4.98 Å². The van der Waals surface area contributed by atoms with E-state index in [1.165, 1.54) is 12.1 Å². The van der Waals surface area contributed by atoms with Crippen LogP contribution in [0, 0.1) is 18.9 Å². The second-order valence-corrected chi connectivity index (χ2v) is 2.75. The van der Waals surface area contributed by atoms with Crippen LogP contribution in [0.15, 0.2) is 24.3 Å². The van der Waals surface area contributed by atoms with Crippen molar-refractivity contribution in [3.63, 3.8) is 0 Å². The lowest BCUT2D eigenvalue weighted by Gasteiger charge is -1.96. The summed E-state index contributed by atoms with van der Waals surface area (Å²) < 4.78 is 12.7. The molecule has 0 atom stereocenters. The minimum Gasteiger partial charge on any atom is -0.246 e. The maximum absolute atomic E-state index is 12.7. The highest BCUT2D eigenvalue weighted by atomic mass is 19.1. The lowest BCUT2D eigenvalue weighted by Crippen LogP contribution is -1.82. The second kappa shape index (κ2) is 2.55. The number of fused-ring (bicyclic) bond motifs is 1. The average Bonchev–Trinajstić information content (AvgIpc) is 2.03. The molecule has 1 radical (unpaired) electrons. The SMILES string of the molecule is Cc1[c]nc2ccc(F)cc2c1. The molecule has 0 aliphatic carbocycles. The van der Waals surface area contributed by atoms with Gasteiger partial charge in [-0.3, -0.25) is 0 Å². The van der Waals surface area contributed by atoms with Crippen molar-refractivity contribution in [2.45, 2.75) is 6.92 Å². The molecule has 0 aliphatic heterocycles. The first-order valence-corrected chi connectivity index (χ1v) is 3.70. The normalized spacial score (nSPS) is 10.5. The fourth-order valence-corrected chi connectivity index (χ4v) is 1.16. The summed E-state index contributed by atoms with van der Waals surface area (Å²) in [6.45, 7) is 1.89. The molecule has 0 saturated carbocycles. The molecule has 2 aromatic rings. The number of benzene rings is 1. The van der Waals surface area contributed by atoms with E-state index >= 15 is 0 Å². The van der Waals surface area contributed by atoms with E-state index in [-0.39, 0.29) is 5.82 Å². The number of hydrogen-bond donors (Lipinski definition) is 0. The number of rotatable bonds is 0. The molecule has 0 N–H and O–H groups in total. The first kappa shape index (κ1) is 7.22. The largest absolute Gasteiger partial charge is 0.246 e. The smallest absolute Gasteiger partial charge is 0.123 e. The molecular formula is C10H7FN. The molecule has 12 heavy (non-hydrogen) atoms. The minimum atomic E-state index is -0.227. The highest BCUT2D eigenvalue weighted by Crippen LogP contribution is 2.13. The van der Waals surface area contributed by atoms with Crippen molar-refractivity contribution in [2.75, 3.05) is 0 Å². The number of nitrogens with zero attached hydrogens (tertiary/aromatic N) is 1. The second-order valence-electron chi connectivity index (χ2n) is 2.75. The molecule has 1 aromatic heterocycles. The molecule has 0 unspecified atom stereocenters. The lowest BCUT2D eigenvalue weighted by molar-refractivity contribution is 0.629. The summed E-state index contributed by atoms with van der Waals surface area (Å²) >= 11 is 0. The molecule has 1 aromatic carbocycles. The summed E-state index contributed by atoms with van der Waals surface area (Å²) in [6.07, 6.45) is 2.82. The zero-order valence-electron chi connectivity index (χ0n) is 6.63. The van der Waals surface area contributed by atoms with E-state index in [0.717, 1.165) is 16.5 Å². The Hall–Kier alpha value is -1.44. The highest BCUT2D eigenvalue weighted by Gasteiger charge is 1.96. The van der Waals surface area contributed by atoms with Crippen molar-refractivity contribution in [2.24, 2.45) is 0 Å². The van der Waals surface area contributed by atoms with Gasteiger partial charge in [-0.2, -0.15) is 0 Å². The third-order valence-electron chi connectivity index (χ3n) is 1.71. The van der Waals surface area contributed by atoms with E-state index in [4.69, 9.17) is 0 Å². The van der Waals surface area contributed by atoms with Crippen molar-refractivity contribution < 1.29 is 4.39 Å². The van der Waals surface area contributed by atoms with Crippen molar-refractivity contribution >= 4 is 10.9 Å². The Morgan fingerprint density at radius 3 is 3.00 bits per heavy atom. The highest BCUT2D eigenvalue weighted by molar-refractivity contribution is 5.78. The Kier molecular flexibility index (Phi) is 1.54. The Labute approximate surface area is 69.9 Å². The first-order valence-electron chi connectivity index (χ1n) is 3.70. The number of hydrogen-bond acceptors (Lipinski definition) is 1. The van der Waals surface area contributed by atoms with Gasteiger partial charge in [0, 0.05) is 5.39 Å². The molecule has 2 rings (SSSR count). The molecule has 0 fully saturated rings. The van der Waals surface area contributed by atoms with Crippen molar-refractivity contribution in [1.29, 1.82) is 0 Å². The number of pyridine rings is 1. The number of aryl methyl sites for hydroxylation is 1. The van der Waals surface area contributed by atoms with Gasteiger partial charge >= 0.3 is 0 Å². The molecule has 1 heterocycles. The van der Waals surface area contributed by atoms with Gasteiger partial charge < -0.3 is 0 Å². The number of aromatic nitrogens is 1. The Bertz CT molecular complexity index is 386. The summed E-state index contributed by atoms with van der Waals surface area (Å²) in [5.74, 6) is -0.227. The topological polar surface area (TPSA) is 12.9 Å². The molecule has 59 valence electrons. The monoisotopic (exact) mass is 160 g/mol. The zero-order chi connectivity index (χ0) is 8.55. The minimum absolute atomic E-state index is 0.227. The van der Waals surface area contributed by atoms with Crippen LogP contribution in [-0.2, 0) is 0 Å². The van der Waals surface area contributed by atoms with Gasteiger partial charge in [-0.15, -0.1) is 0 Å². The van der Waals surface area contributed by atoms with Crippen LogP contribution in [0.4, 0.5) is 4.39 Å². The summed E-state index contributed by atoms with van der Waals surface area (Å²) in [5.41, 5.74) is 1.70. The van der Waals surface area contributed by atoms with Crippen LogP contribution in [0.3, 0.4) is 0 Å². The molecule has 0 bridgehead atoms. The zero-order valence-corrected chi connectivity index (χ0v) is 6.63. The van der Waals surface area contributed by atoms with E-state index in [9.17, 15) is 4.39 Å². The molecular weight excluding hydrogens is 153 g/mol. The van der Waals surface area contributed by atoms with Crippen molar-refractivity contribution in [3.8, 4) is 0 Å². The molecule has 0 saturated heterocycles. The van der Waals surface area contributed by atoms with Crippen LogP contribution >= 0.6 is 0 Å².